The number of hydrogen-bond acceptors (Lipinski definition) is 8. The molecule has 6 N–H and O–H groups in total. The Morgan fingerprint density at radius 1 is 1.61 bits per heavy atom. The van der Waals surface area contributed by atoms with Crippen molar-refractivity contribution in [3.05, 3.63) is 16.7 Å². The third-order valence-electron chi connectivity index (χ3n) is 4.11. The van der Waals surface area contributed by atoms with E-state index in [0.29, 0.717) is 0 Å². The van der Waals surface area contributed by atoms with Gasteiger partial charge in [-0.15, -0.1) is 0 Å². The van der Waals surface area contributed by atoms with Gasteiger partial charge in [0.25, 0.3) is 11.4 Å². The van der Waals surface area contributed by atoms with Crippen LogP contribution in [0.25, 0.3) is 11.2 Å². The van der Waals surface area contributed by atoms with E-state index in [-0.39, 0.29) is 23.5 Å². The van der Waals surface area contributed by atoms with Crippen LogP contribution >= 0.6 is 0 Å². The standard InChI is InChI=1S/C12H16FN5O5/c1-2-11(12(13,22)7(20)5(3-19)23-11)18-4-15-6-8(18)16-10(14)17-9(6)21/h4-5,7,19-20,22H,2-3H2,1H3,(H3,14,16,17,21)/t5-,7-,11-,12-/m1/s1. The van der Waals surface area contributed by atoms with Crippen LogP contribution in [0, 0.1) is 0 Å². The number of hydrogen-bond donors (Lipinski definition) is 5. The first-order chi connectivity index (χ1) is 10.8. The molecule has 0 saturated carbocycles. The lowest BCUT2D eigenvalue weighted by molar-refractivity contribution is -0.259. The Kier molecular flexibility index (Phi) is 3.41. The molecule has 0 radical (unpaired) electrons. The van der Waals surface area contributed by atoms with Crippen LogP contribution in [-0.2, 0) is 10.5 Å². The summed E-state index contributed by atoms with van der Waals surface area (Å²) in [5.74, 6) is -3.47. The third-order valence-corrected chi connectivity index (χ3v) is 4.11. The van der Waals surface area contributed by atoms with Crippen LogP contribution in [0.2, 0.25) is 0 Å². The lowest BCUT2D eigenvalue weighted by Crippen LogP contribution is -2.54. The molecule has 0 aliphatic carbocycles. The first-order valence-corrected chi connectivity index (χ1v) is 6.89. The average molecular weight is 329 g/mol. The highest BCUT2D eigenvalue weighted by atomic mass is 19.2. The van der Waals surface area contributed by atoms with Crippen molar-refractivity contribution in [2.75, 3.05) is 12.3 Å². The fraction of sp³-hybridized carbons (Fsp3) is 0.583. The molecule has 3 rings (SSSR count). The topological polar surface area (TPSA) is 160 Å². The van der Waals surface area contributed by atoms with Gasteiger partial charge in [-0.25, -0.2) is 9.37 Å². The number of nitrogens with two attached hydrogens (primary N) is 1. The second-order valence-corrected chi connectivity index (χ2v) is 5.33. The van der Waals surface area contributed by atoms with Crippen LogP contribution in [0.1, 0.15) is 13.3 Å². The number of rotatable bonds is 3. The van der Waals surface area contributed by atoms with Gasteiger partial charge in [0.15, 0.2) is 11.2 Å². The molecule has 0 aromatic carbocycles. The SMILES string of the molecule is CC[C@@]1(n2cnc3c(=O)[nH]c(N)nc32)O[C@H](CO)[C@@H](O)[C@]1(O)F. The van der Waals surface area contributed by atoms with E-state index in [1.54, 1.807) is 0 Å². The van der Waals surface area contributed by atoms with Crippen LogP contribution < -0.4 is 11.3 Å². The summed E-state index contributed by atoms with van der Waals surface area (Å²) < 4.78 is 21.3. The van der Waals surface area contributed by atoms with Crippen molar-refractivity contribution in [3.63, 3.8) is 0 Å². The number of aliphatic hydroxyl groups excluding tert-OH is 2. The molecule has 0 unspecified atom stereocenters. The predicted molar refractivity (Wildman–Crippen MR) is 74.8 cm³/mol. The quantitative estimate of drug-likeness (QED) is 0.440. The summed E-state index contributed by atoms with van der Waals surface area (Å²) >= 11 is 0. The minimum absolute atomic E-state index is 0.116. The van der Waals surface area contributed by atoms with Gasteiger partial charge in [-0.2, -0.15) is 4.98 Å². The lowest BCUT2D eigenvalue weighted by Gasteiger charge is -2.36. The Morgan fingerprint density at radius 2 is 2.30 bits per heavy atom. The van der Waals surface area contributed by atoms with E-state index in [1.165, 1.54) is 6.92 Å². The molecule has 126 valence electrons. The summed E-state index contributed by atoms with van der Waals surface area (Å²) in [4.78, 5) is 21.8. The summed E-state index contributed by atoms with van der Waals surface area (Å²) in [5.41, 5.74) is 2.48. The fourth-order valence-electron chi connectivity index (χ4n) is 2.93. The van der Waals surface area contributed by atoms with E-state index in [9.17, 15) is 24.5 Å². The minimum Gasteiger partial charge on any atom is -0.394 e. The zero-order valence-corrected chi connectivity index (χ0v) is 12.1. The third kappa shape index (κ3) is 1.91. The number of anilines is 1. The summed E-state index contributed by atoms with van der Waals surface area (Å²) in [6.07, 6.45) is -2.44. The maximum atomic E-state index is 14.9. The van der Waals surface area contributed by atoms with Crippen LogP contribution in [0.5, 0.6) is 0 Å². The average Bonchev–Trinajstić information content (AvgIpc) is 2.99. The number of nitrogen functional groups attached to an aromatic ring is 1. The second kappa shape index (κ2) is 4.96. The highest BCUT2D eigenvalue weighted by molar-refractivity contribution is 5.71. The first-order valence-electron chi connectivity index (χ1n) is 6.89. The highest BCUT2D eigenvalue weighted by Crippen LogP contribution is 2.47. The molecular weight excluding hydrogens is 313 g/mol. The molecule has 2 aromatic rings. The smallest absolute Gasteiger partial charge is 0.284 e. The number of imidazole rings is 1. The largest absolute Gasteiger partial charge is 0.394 e. The summed E-state index contributed by atoms with van der Waals surface area (Å²) in [6.45, 7) is 0.789. The number of ether oxygens (including phenoxy) is 1. The number of aromatic nitrogens is 4. The van der Waals surface area contributed by atoms with Crippen molar-refractivity contribution in [1.82, 2.24) is 19.5 Å². The maximum Gasteiger partial charge on any atom is 0.284 e. The zero-order chi connectivity index (χ0) is 17.0. The summed E-state index contributed by atoms with van der Waals surface area (Å²) in [5, 5.41) is 29.3. The molecule has 0 spiro atoms. The molecule has 1 saturated heterocycles. The molecule has 23 heavy (non-hydrogen) atoms. The molecule has 10 nitrogen and oxygen atoms in total. The van der Waals surface area contributed by atoms with Crippen molar-refractivity contribution in [2.45, 2.75) is 37.1 Å². The second-order valence-electron chi connectivity index (χ2n) is 5.33. The number of aliphatic hydroxyl groups is 3. The zero-order valence-electron chi connectivity index (χ0n) is 12.1. The van der Waals surface area contributed by atoms with Gasteiger partial charge in [0.05, 0.1) is 12.9 Å². The van der Waals surface area contributed by atoms with Gasteiger partial charge in [-0.05, 0) is 6.42 Å². The molecule has 1 aliphatic heterocycles. The van der Waals surface area contributed by atoms with Crippen molar-refractivity contribution < 1.29 is 24.4 Å². The molecule has 3 heterocycles. The van der Waals surface area contributed by atoms with E-state index >= 15 is 0 Å². The maximum absolute atomic E-state index is 14.9. The molecular formula is C12H16FN5O5. The number of nitrogens with zero attached hydrogens (tertiary/aromatic N) is 3. The van der Waals surface area contributed by atoms with E-state index < -0.39 is 36.0 Å². The number of nitrogens with one attached hydrogen (secondary N) is 1. The highest BCUT2D eigenvalue weighted by Gasteiger charge is 2.67. The minimum atomic E-state index is -3.25. The Morgan fingerprint density at radius 3 is 2.87 bits per heavy atom. The van der Waals surface area contributed by atoms with Gasteiger partial charge >= 0.3 is 0 Å². The fourth-order valence-corrected chi connectivity index (χ4v) is 2.93. The van der Waals surface area contributed by atoms with Gasteiger partial charge < -0.3 is 25.8 Å². The van der Waals surface area contributed by atoms with E-state index in [4.69, 9.17) is 10.5 Å². The Hall–Kier alpha value is -2.08. The molecule has 4 atom stereocenters. The van der Waals surface area contributed by atoms with Gasteiger partial charge in [0, 0.05) is 0 Å². The number of H-pyrrole nitrogens is 1. The molecule has 2 aromatic heterocycles. The normalized spacial score (nSPS) is 34.3. The molecule has 0 amide bonds. The van der Waals surface area contributed by atoms with Crippen molar-refractivity contribution in [2.24, 2.45) is 0 Å². The Bertz CT molecular complexity index is 805. The number of aromatic amines is 1. The Balaban J connectivity index is 2.29. The van der Waals surface area contributed by atoms with Gasteiger partial charge in [0.1, 0.15) is 12.2 Å². The van der Waals surface area contributed by atoms with E-state index in [2.05, 4.69) is 15.0 Å². The number of halogens is 1. The van der Waals surface area contributed by atoms with E-state index in [0.717, 1.165) is 10.9 Å². The molecule has 1 aliphatic rings. The van der Waals surface area contributed by atoms with Crippen molar-refractivity contribution in [3.8, 4) is 0 Å². The van der Waals surface area contributed by atoms with Crippen LogP contribution in [0.4, 0.5) is 10.3 Å². The lowest BCUT2D eigenvalue weighted by atomic mass is 9.97. The van der Waals surface area contributed by atoms with Crippen LogP contribution in [0.15, 0.2) is 11.1 Å². The molecule has 11 heteroatoms. The Labute approximate surface area is 128 Å². The monoisotopic (exact) mass is 329 g/mol. The van der Waals surface area contributed by atoms with Crippen LogP contribution in [0.3, 0.4) is 0 Å². The van der Waals surface area contributed by atoms with Gasteiger partial charge in [-0.1, -0.05) is 6.92 Å². The van der Waals surface area contributed by atoms with Gasteiger partial charge in [0.2, 0.25) is 11.7 Å². The number of fused-ring (bicyclic) bond motifs is 1. The van der Waals surface area contributed by atoms with E-state index in [1.807, 2.05) is 0 Å². The van der Waals surface area contributed by atoms with Gasteiger partial charge in [-0.3, -0.25) is 14.3 Å². The van der Waals surface area contributed by atoms with Crippen LogP contribution in [-0.4, -0.2) is 59.5 Å². The van der Waals surface area contributed by atoms with Crippen molar-refractivity contribution >= 4 is 17.1 Å². The first kappa shape index (κ1) is 15.8. The molecule has 1 fully saturated rings. The summed E-state index contributed by atoms with van der Waals surface area (Å²) in [6, 6.07) is 0. The predicted octanol–water partition coefficient (Wildman–Crippen LogP) is -1.83. The molecule has 0 bridgehead atoms. The summed E-state index contributed by atoms with van der Waals surface area (Å²) in [7, 11) is 0. The number of alkyl halides is 1. The van der Waals surface area contributed by atoms with Crippen molar-refractivity contribution in [1.29, 1.82) is 0 Å².